The van der Waals surface area contributed by atoms with E-state index in [1.54, 1.807) is 0 Å². The Bertz CT molecular complexity index is 716. The van der Waals surface area contributed by atoms with Crippen LogP contribution in [-0.2, 0) is 9.59 Å². The number of piperidine rings is 1. The number of nitrogens with one attached hydrogen (secondary N) is 2. The van der Waals surface area contributed by atoms with Crippen molar-refractivity contribution < 1.29 is 9.59 Å². The maximum atomic E-state index is 12.5. The number of anilines is 1. The molecule has 7 heteroatoms. The maximum absolute atomic E-state index is 12.5. The van der Waals surface area contributed by atoms with E-state index in [1.165, 1.54) is 0 Å². The maximum Gasteiger partial charge on any atom is 0.227 e. The number of benzene rings is 1. The van der Waals surface area contributed by atoms with Crippen molar-refractivity contribution >= 4 is 28.5 Å². The molecule has 1 fully saturated rings. The highest BCUT2D eigenvalue weighted by Gasteiger charge is 2.28. The van der Waals surface area contributed by atoms with Crippen molar-refractivity contribution in [2.75, 3.05) is 18.4 Å². The summed E-state index contributed by atoms with van der Waals surface area (Å²) in [6.07, 6.45) is 1.39. The van der Waals surface area contributed by atoms with E-state index >= 15 is 0 Å². The van der Waals surface area contributed by atoms with E-state index in [0.29, 0.717) is 37.1 Å². The number of carbonyl (C=O) groups is 2. The second kappa shape index (κ2) is 6.36. The number of amides is 2. The zero-order valence-corrected chi connectivity index (χ0v) is 13.4. The molecule has 0 radical (unpaired) electrons. The Labute approximate surface area is 134 Å². The first-order valence-corrected chi connectivity index (χ1v) is 7.95. The van der Waals surface area contributed by atoms with Gasteiger partial charge in [0.1, 0.15) is 11.0 Å². The average molecular weight is 315 g/mol. The molecule has 0 spiro atoms. The molecule has 0 unspecified atom stereocenters. The van der Waals surface area contributed by atoms with Gasteiger partial charge in [0.15, 0.2) is 0 Å². The van der Waals surface area contributed by atoms with Gasteiger partial charge in [-0.05, 0) is 25.0 Å². The predicted molar refractivity (Wildman–Crippen MR) is 86.7 cm³/mol. The number of likely N-dealkylation sites (tertiary alicyclic amines) is 1. The number of para-hydroxylation sites is 1. The molecular weight excluding hydrogens is 294 g/mol. The van der Waals surface area contributed by atoms with Crippen LogP contribution in [0.3, 0.4) is 0 Å². The molecule has 122 valence electrons. The smallest absolute Gasteiger partial charge is 0.227 e. The molecular formula is C16H21N5O2. The molecule has 1 aliphatic heterocycles. The van der Waals surface area contributed by atoms with Crippen LogP contribution >= 0.6 is 0 Å². The zero-order chi connectivity index (χ0) is 16.4. The van der Waals surface area contributed by atoms with Crippen molar-refractivity contribution in [1.82, 2.24) is 20.3 Å². The molecule has 7 nitrogen and oxygen atoms in total. The molecule has 1 aromatic heterocycles. The van der Waals surface area contributed by atoms with Crippen molar-refractivity contribution in [2.24, 2.45) is 11.8 Å². The number of rotatable bonds is 3. The number of carbonyl (C=O) groups excluding carboxylic acids is 2. The zero-order valence-electron chi connectivity index (χ0n) is 13.4. The minimum Gasteiger partial charge on any atom is -0.342 e. The number of aromatic amines is 1. The van der Waals surface area contributed by atoms with Crippen LogP contribution < -0.4 is 5.32 Å². The van der Waals surface area contributed by atoms with Gasteiger partial charge >= 0.3 is 0 Å². The lowest BCUT2D eigenvalue weighted by Crippen LogP contribution is -2.43. The van der Waals surface area contributed by atoms with E-state index in [9.17, 15) is 9.59 Å². The second-order valence-electron chi connectivity index (χ2n) is 6.24. The van der Waals surface area contributed by atoms with Crippen LogP contribution in [0.4, 0.5) is 5.69 Å². The standard InChI is InChI=1S/C16H21N5O2/c1-10(2)16(23)21-8-6-11(7-9-21)15(22)17-12-4-3-5-13-14(12)19-20-18-13/h3-5,10-11H,6-9H2,1-2H3,(H,17,22)(H,18,19,20). The van der Waals surface area contributed by atoms with Gasteiger partial charge in [0.25, 0.3) is 0 Å². The molecule has 3 rings (SSSR count). The minimum absolute atomic E-state index is 0.00476. The largest absolute Gasteiger partial charge is 0.342 e. The summed E-state index contributed by atoms with van der Waals surface area (Å²) >= 11 is 0. The number of H-pyrrole nitrogens is 1. The molecule has 1 saturated heterocycles. The molecule has 0 atom stereocenters. The fourth-order valence-corrected chi connectivity index (χ4v) is 2.93. The van der Waals surface area contributed by atoms with Gasteiger partial charge in [0.2, 0.25) is 11.8 Å². The Morgan fingerprint density at radius 3 is 2.70 bits per heavy atom. The first-order valence-electron chi connectivity index (χ1n) is 7.95. The highest BCUT2D eigenvalue weighted by molar-refractivity contribution is 6.00. The van der Waals surface area contributed by atoms with Crippen LogP contribution in [0.2, 0.25) is 0 Å². The lowest BCUT2D eigenvalue weighted by Gasteiger charge is -2.32. The van der Waals surface area contributed by atoms with Gasteiger partial charge in [-0.1, -0.05) is 19.9 Å². The van der Waals surface area contributed by atoms with Gasteiger partial charge in [-0.3, -0.25) is 9.59 Å². The molecule has 23 heavy (non-hydrogen) atoms. The lowest BCUT2D eigenvalue weighted by molar-refractivity contribution is -0.137. The fourth-order valence-electron chi connectivity index (χ4n) is 2.93. The molecule has 0 saturated carbocycles. The summed E-state index contributed by atoms with van der Waals surface area (Å²) in [5.41, 5.74) is 2.05. The van der Waals surface area contributed by atoms with Crippen molar-refractivity contribution in [2.45, 2.75) is 26.7 Å². The van der Waals surface area contributed by atoms with E-state index in [1.807, 2.05) is 36.9 Å². The number of hydrogen-bond donors (Lipinski definition) is 2. The lowest BCUT2D eigenvalue weighted by atomic mass is 9.95. The highest BCUT2D eigenvalue weighted by atomic mass is 16.2. The van der Waals surface area contributed by atoms with Gasteiger partial charge in [-0.2, -0.15) is 15.4 Å². The van der Waals surface area contributed by atoms with Crippen LogP contribution in [0.25, 0.3) is 11.0 Å². The quantitative estimate of drug-likeness (QED) is 0.903. The summed E-state index contributed by atoms with van der Waals surface area (Å²) in [7, 11) is 0. The van der Waals surface area contributed by atoms with Crippen molar-refractivity contribution in [3.8, 4) is 0 Å². The van der Waals surface area contributed by atoms with Crippen LogP contribution in [-0.4, -0.2) is 45.2 Å². The van der Waals surface area contributed by atoms with E-state index < -0.39 is 0 Å². The second-order valence-corrected chi connectivity index (χ2v) is 6.24. The molecule has 2 heterocycles. The van der Waals surface area contributed by atoms with Gasteiger partial charge < -0.3 is 10.2 Å². The Kier molecular flexibility index (Phi) is 4.27. The van der Waals surface area contributed by atoms with E-state index in [4.69, 9.17) is 0 Å². The normalized spacial score (nSPS) is 16.0. The summed E-state index contributed by atoms with van der Waals surface area (Å²) in [5, 5.41) is 13.6. The topological polar surface area (TPSA) is 91.0 Å². The van der Waals surface area contributed by atoms with Crippen LogP contribution in [0.5, 0.6) is 0 Å². The first kappa shape index (κ1) is 15.5. The monoisotopic (exact) mass is 315 g/mol. The van der Waals surface area contributed by atoms with Crippen LogP contribution in [0.1, 0.15) is 26.7 Å². The highest BCUT2D eigenvalue weighted by Crippen LogP contribution is 2.23. The fraction of sp³-hybridized carbons (Fsp3) is 0.500. The van der Waals surface area contributed by atoms with Crippen LogP contribution in [0.15, 0.2) is 18.2 Å². The predicted octanol–water partition coefficient (Wildman–Crippen LogP) is 1.79. The van der Waals surface area contributed by atoms with E-state index in [2.05, 4.69) is 20.7 Å². The summed E-state index contributed by atoms with van der Waals surface area (Å²) in [6.45, 7) is 5.09. The molecule has 2 amide bonds. The molecule has 1 aliphatic rings. The number of aromatic nitrogens is 3. The third-order valence-corrected chi connectivity index (χ3v) is 4.28. The summed E-state index contributed by atoms with van der Waals surface area (Å²) in [4.78, 5) is 26.3. The van der Waals surface area contributed by atoms with Gasteiger partial charge in [-0.15, -0.1) is 0 Å². The Balaban J connectivity index is 1.62. The van der Waals surface area contributed by atoms with Gasteiger partial charge in [-0.25, -0.2) is 0 Å². The van der Waals surface area contributed by atoms with Crippen molar-refractivity contribution in [1.29, 1.82) is 0 Å². The number of hydrogen-bond acceptors (Lipinski definition) is 4. The average Bonchev–Trinajstić information content (AvgIpc) is 3.04. The molecule has 1 aromatic carbocycles. The third-order valence-electron chi connectivity index (χ3n) is 4.28. The van der Waals surface area contributed by atoms with Crippen molar-refractivity contribution in [3.63, 3.8) is 0 Å². The summed E-state index contributed by atoms with van der Waals surface area (Å²) in [6, 6.07) is 5.50. The summed E-state index contributed by atoms with van der Waals surface area (Å²) < 4.78 is 0. The SMILES string of the molecule is CC(C)C(=O)N1CCC(C(=O)Nc2cccc3n[nH]nc23)CC1. The minimum atomic E-state index is -0.0756. The van der Waals surface area contributed by atoms with E-state index in [0.717, 1.165) is 5.52 Å². The van der Waals surface area contributed by atoms with Crippen molar-refractivity contribution in [3.05, 3.63) is 18.2 Å². The molecule has 2 aromatic rings. The Morgan fingerprint density at radius 1 is 1.26 bits per heavy atom. The molecule has 0 bridgehead atoms. The molecule has 0 aliphatic carbocycles. The number of nitrogens with zero attached hydrogens (tertiary/aromatic N) is 3. The molecule has 2 N–H and O–H groups in total. The summed E-state index contributed by atoms with van der Waals surface area (Å²) in [5.74, 6) is 0.0758. The van der Waals surface area contributed by atoms with Gasteiger partial charge in [0, 0.05) is 24.9 Å². The Morgan fingerprint density at radius 2 is 2.00 bits per heavy atom. The number of fused-ring (bicyclic) bond motifs is 1. The first-order chi connectivity index (χ1) is 11.1. The van der Waals surface area contributed by atoms with Crippen LogP contribution in [0, 0.1) is 11.8 Å². The Hall–Kier alpha value is -2.44. The third kappa shape index (κ3) is 3.18. The van der Waals surface area contributed by atoms with E-state index in [-0.39, 0.29) is 23.7 Å². The van der Waals surface area contributed by atoms with Gasteiger partial charge in [0.05, 0.1) is 5.69 Å².